The monoisotopic (exact) mass is 353 g/mol. The first-order valence-electron chi connectivity index (χ1n) is 8.51. The van der Waals surface area contributed by atoms with E-state index in [4.69, 9.17) is 10.2 Å². The van der Waals surface area contributed by atoms with Gasteiger partial charge in [0.15, 0.2) is 0 Å². The molecule has 0 spiro atoms. The first kappa shape index (κ1) is 17.5. The van der Waals surface area contributed by atoms with E-state index in [2.05, 4.69) is 57.4 Å². The highest BCUT2D eigenvalue weighted by atomic mass is 28.3. The van der Waals surface area contributed by atoms with Gasteiger partial charge in [0.2, 0.25) is 0 Å². The molecule has 1 aliphatic heterocycles. The lowest BCUT2D eigenvalue weighted by molar-refractivity contribution is 0.0966. The maximum Gasteiger partial charge on any atom is 0.274 e. The van der Waals surface area contributed by atoms with Crippen molar-refractivity contribution in [3.8, 4) is 16.9 Å². The van der Waals surface area contributed by atoms with Crippen LogP contribution < -0.4 is 15.5 Å². The normalized spacial score (nSPS) is 13.8. The molecule has 1 radical (unpaired) electrons. The zero-order chi connectivity index (χ0) is 18.4. The summed E-state index contributed by atoms with van der Waals surface area (Å²) >= 11 is 0. The Morgan fingerprint density at radius 2 is 1.84 bits per heavy atom. The number of nitrogen functional groups attached to an aromatic ring is 1. The number of anilines is 1. The first-order chi connectivity index (χ1) is 11.7. The summed E-state index contributed by atoms with van der Waals surface area (Å²) in [5.41, 5.74) is 11.3. The lowest BCUT2D eigenvalue weighted by Gasteiger charge is -2.26. The van der Waals surface area contributed by atoms with Crippen molar-refractivity contribution in [1.82, 2.24) is 5.32 Å². The van der Waals surface area contributed by atoms with E-state index < -0.39 is 9.04 Å². The van der Waals surface area contributed by atoms with E-state index >= 15 is 0 Å². The standard InChI is InChI=1S/C20H25N2O2Si/c1-20(2,3)15-8-6-7-13(18(15)24-25(4)5)12-9-10-16(21)17-14(12)11-22-19(17)23/h6-10H,11,21H2,1-5H3,(H,22,23). The number of nitrogens with two attached hydrogens (primary N) is 1. The quantitative estimate of drug-likeness (QED) is 0.645. The molecule has 2 aromatic rings. The van der Waals surface area contributed by atoms with Crippen LogP contribution in [0.5, 0.6) is 5.75 Å². The van der Waals surface area contributed by atoms with Gasteiger partial charge >= 0.3 is 0 Å². The predicted octanol–water partition coefficient (Wildman–Crippen LogP) is 4.11. The molecule has 3 rings (SSSR count). The van der Waals surface area contributed by atoms with E-state index in [-0.39, 0.29) is 11.3 Å². The van der Waals surface area contributed by atoms with Crippen LogP contribution in [-0.4, -0.2) is 14.9 Å². The van der Waals surface area contributed by atoms with Crippen LogP contribution in [0.3, 0.4) is 0 Å². The number of benzene rings is 2. The predicted molar refractivity (Wildman–Crippen MR) is 104 cm³/mol. The van der Waals surface area contributed by atoms with Gasteiger partial charge in [-0.3, -0.25) is 4.79 Å². The van der Waals surface area contributed by atoms with Crippen molar-refractivity contribution in [2.75, 3.05) is 5.73 Å². The van der Waals surface area contributed by atoms with Gasteiger partial charge in [-0.05, 0) is 41.3 Å². The van der Waals surface area contributed by atoms with Gasteiger partial charge in [-0.1, -0.05) is 45.0 Å². The Bertz CT molecular complexity index is 838. The van der Waals surface area contributed by atoms with Gasteiger partial charge in [-0.2, -0.15) is 0 Å². The van der Waals surface area contributed by atoms with E-state index in [9.17, 15) is 4.79 Å². The molecule has 5 heteroatoms. The van der Waals surface area contributed by atoms with Gasteiger partial charge in [-0.25, -0.2) is 0 Å². The molecule has 0 aromatic heterocycles. The Balaban J connectivity index is 2.27. The second kappa shape index (κ2) is 6.22. The molecule has 0 aliphatic carbocycles. The maximum atomic E-state index is 12.1. The first-order valence-corrected chi connectivity index (χ1v) is 10.9. The fourth-order valence-electron chi connectivity index (χ4n) is 3.28. The molecule has 0 fully saturated rings. The van der Waals surface area contributed by atoms with Crippen molar-refractivity contribution < 1.29 is 9.22 Å². The van der Waals surface area contributed by atoms with Crippen LogP contribution in [0.4, 0.5) is 5.69 Å². The fourth-order valence-corrected chi connectivity index (χ4v) is 3.91. The number of rotatable bonds is 3. The highest BCUT2D eigenvalue weighted by Crippen LogP contribution is 2.42. The van der Waals surface area contributed by atoms with Gasteiger partial charge in [0, 0.05) is 17.8 Å². The molecule has 1 heterocycles. The van der Waals surface area contributed by atoms with Crippen LogP contribution >= 0.6 is 0 Å². The molecule has 1 aliphatic rings. The van der Waals surface area contributed by atoms with Gasteiger partial charge in [-0.15, -0.1) is 0 Å². The van der Waals surface area contributed by atoms with Crippen molar-refractivity contribution in [2.24, 2.45) is 0 Å². The molecule has 0 saturated heterocycles. The minimum Gasteiger partial charge on any atom is -0.542 e. The Morgan fingerprint density at radius 3 is 2.48 bits per heavy atom. The van der Waals surface area contributed by atoms with Crippen LogP contribution in [0.2, 0.25) is 13.1 Å². The highest BCUT2D eigenvalue weighted by Gasteiger charge is 2.28. The number of fused-ring (bicyclic) bond motifs is 1. The molecular weight excluding hydrogens is 328 g/mol. The molecule has 25 heavy (non-hydrogen) atoms. The van der Waals surface area contributed by atoms with Crippen LogP contribution in [-0.2, 0) is 12.0 Å². The van der Waals surface area contributed by atoms with Crippen molar-refractivity contribution >= 4 is 20.6 Å². The Labute approximate surface area is 151 Å². The summed E-state index contributed by atoms with van der Waals surface area (Å²) in [5, 5.41) is 2.89. The number of nitrogens with one attached hydrogen (secondary N) is 1. The third kappa shape index (κ3) is 3.16. The minimum absolute atomic E-state index is 0.0340. The van der Waals surface area contributed by atoms with E-state index in [1.807, 2.05) is 12.1 Å². The zero-order valence-electron chi connectivity index (χ0n) is 15.5. The van der Waals surface area contributed by atoms with E-state index in [1.165, 1.54) is 5.56 Å². The summed E-state index contributed by atoms with van der Waals surface area (Å²) in [4.78, 5) is 12.1. The molecule has 1 amide bonds. The van der Waals surface area contributed by atoms with Gasteiger partial charge in [0.05, 0.1) is 5.56 Å². The van der Waals surface area contributed by atoms with Crippen molar-refractivity contribution in [2.45, 2.75) is 45.8 Å². The van der Waals surface area contributed by atoms with Crippen molar-refractivity contribution in [3.63, 3.8) is 0 Å². The maximum absolute atomic E-state index is 12.1. The topological polar surface area (TPSA) is 64.3 Å². The van der Waals surface area contributed by atoms with Gasteiger partial charge in [0.1, 0.15) is 5.75 Å². The summed E-state index contributed by atoms with van der Waals surface area (Å²) in [6.45, 7) is 11.3. The Kier molecular flexibility index (Phi) is 4.37. The van der Waals surface area contributed by atoms with Crippen LogP contribution in [0, 0.1) is 0 Å². The lowest BCUT2D eigenvalue weighted by Crippen LogP contribution is -2.19. The summed E-state index contributed by atoms with van der Waals surface area (Å²) in [6, 6.07) is 10.1. The summed E-state index contributed by atoms with van der Waals surface area (Å²) in [5.74, 6) is 0.833. The summed E-state index contributed by atoms with van der Waals surface area (Å²) < 4.78 is 6.34. The highest BCUT2D eigenvalue weighted by molar-refractivity contribution is 6.49. The smallest absolute Gasteiger partial charge is 0.274 e. The van der Waals surface area contributed by atoms with E-state index in [0.29, 0.717) is 17.8 Å². The summed E-state index contributed by atoms with van der Waals surface area (Å²) in [7, 11) is -0.937. The number of hydrogen-bond donors (Lipinski definition) is 2. The van der Waals surface area contributed by atoms with Crippen LogP contribution in [0.25, 0.3) is 11.1 Å². The second-order valence-electron chi connectivity index (χ2n) is 7.68. The van der Waals surface area contributed by atoms with Gasteiger partial charge in [0.25, 0.3) is 14.9 Å². The molecule has 0 bridgehead atoms. The van der Waals surface area contributed by atoms with Crippen molar-refractivity contribution in [1.29, 1.82) is 0 Å². The molecule has 2 aromatic carbocycles. The number of para-hydroxylation sites is 1. The minimum atomic E-state index is -0.937. The molecule has 3 N–H and O–H groups in total. The average Bonchev–Trinajstić information content (AvgIpc) is 2.90. The molecule has 4 nitrogen and oxygen atoms in total. The Morgan fingerprint density at radius 1 is 1.12 bits per heavy atom. The number of hydrogen-bond acceptors (Lipinski definition) is 3. The average molecular weight is 354 g/mol. The molecular formula is C20H25N2O2Si. The van der Waals surface area contributed by atoms with E-state index in [1.54, 1.807) is 0 Å². The number of carbonyl (C=O) groups is 1. The second-order valence-corrected chi connectivity index (χ2v) is 9.70. The zero-order valence-corrected chi connectivity index (χ0v) is 16.5. The molecule has 131 valence electrons. The summed E-state index contributed by atoms with van der Waals surface area (Å²) in [6.07, 6.45) is 0. The van der Waals surface area contributed by atoms with Crippen LogP contribution in [0.15, 0.2) is 30.3 Å². The molecule has 0 atom stereocenters. The largest absolute Gasteiger partial charge is 0.542 e. The van der Waals surface area contributed by atoms with Crippen LogP contribution in [0.1, 0.15) is 42.3 Å². The third-order valence-corrected chi connectivity index (χ3v) is 5.03. The van der Waals surface area contributed by atoms with E-state index in [0.717, 1.165) is 22.4 Å². The number of carbonyl (C=O) groups excluding carboxylic acids is 1. The Hall–Kier alpha value is -2.27. The lowest BCUT2D eigenvalue weighted by atomic mass is 9.83. The molecule has 0 saturated carbocycles. The molecule has 0 unspecified atom stereocenters. The number of amides is 1. The third-order valence-electron chi connectivity index (χ3n) is 4.42. The SMILES string of the molecule is C[Si](C)Oc1c(-c2ccc(N)c3c2CNC3=O)cccc1C(C)(C)C. The fraction of sp³-hybridized carbons (Fsp3) is 0.350. The van der Waals surface area contributed by atoms with Gasteiger partial charge < -0.3 is 15.5 Å². The van der Waals surface area contributed by atoms with Crippen molar-refractivity contribution in [3.05, 3.63) is 47.0 Å².